The van der Waals surface area contributed by atoms with E-state index in [2.05, 4.69) is 17.4 Å². The van der Waals surface area contributed by atoms with Crippen molar-refractivity contribution in [3.8, 4) is 0 Å². The molecule has 0 atom stereocenters. The predicted octanol–water partition coefficient (Wildman–Crippen LogP) is 2.55. The number of rotatable bonds is 5. The number of nitrogens with zero attached hydrogens (tertiary/aromatic N) is 2. The molecule has 0 aromatic heterocycles. The zero-order valence-electron chi connectivity index (χ0n) is 14.7. The van der Waals surface area contributed by atoms with Gasteiger partial charge in [0.2, 0.25) is 11.8 Å². The fourth-order valence-electron chi connectivity index (χ4n) is 3.86. The van der Waals surface area contributed by atoms with E-state index in [1.54, 1.807) is 7.05 Å². The Kier molecular flexibility index (Phi) is 4.11. The molecule has 0 saturated carbocycles. The Bertz CT molecular complexity index is 912. The zero-order chi connectivity index (χ0) is 18.3. The van der Waals surface area contributed by atoms with Gasteiger partial charge in [-0.05, 0) is 41.8 Å². The molecule has 2 aliphatic rings. The van der Waals surface area contributed by atoms with Crippen LogP contribution in [0.2, 0.25) is 0 Å². The number of carbonyl (C=O) groups is 3. The van der Waals surface area contributed by atoms with Crippen LogP contribution in [0.15, 0.2) is 30.3 Å². The minimum Gasteiger partial charge on any atom is -0.326 e. The Balaban J connectivity index is 1.40. The highest BCUT2D eigenvalue weighted by atomic mass is 16.2. The van der Waals surface area contributed by atoms with Gasteiger partial charge in [0.1, 0.15) is 6.54 Å². The number of nitrogens with one attached hydrogen (secondary N) is 1. The number of hydrogen-bond donors (Lipinski definition) is 1. The van der Waals surface area contributed by atoms with Crippen LogP contribution in [0, 0.1) is 0 Å². The Hall–Kier alpha value is -2.89. The largest absolute Gasteiger partial charge is 0.326 e. The lowest BCUT2D eigenvalue weighted by atomic mass is 10.0. The summed E-state index contributed by atoms with van der Waals surface area (Å²) < 4.78 is 0. The first-order valence-corrected chi connectivity index (χ1v) is 8.93. The fraction of sp³-hybridized carbons (Fsp3) is 0.350. The van der Waals surface area contributed by atoms with E-state index in [9.17, 15) is 14.4 Å². The van der Waals surface area contributed by atoms with Crippen molar-refractivity contribution in [2.24, 2.45) is 0 Å². The topological polar surface area (TPSA) is 69.7 Å². The van der Waals surface area contributed by atoms with E-state index in [1.807, 2.05) is 18.2 Å². The molecule has 4 rings (SSSR count). The lowest BCUT2D eigenvalue weighted by Crippen LogP contribution is -2.32. The van der Waals surface area contributed by atoms with Crippen LogP contribution in [0.1, 0.15) is 24.0 Å². The summed E-state index contributed by atoms with van der Waals surface area (Å²) in [4.78, 5) is 38.5. The molecule has 2 aromatic rings. The average molecular weight is 351 g/mol. The van der Waals surface area contributed by atoms with E-state index in [0.29, 0.717) is 6.42 Å². The molecule has 1 N–H and O–H groups in total. The van der Waals surface area contributed by atoms with Gasteiger partial charge in [0.05, 0.1) is 0 Å². The monoisotopic (exact) mass is 351 g/mol. The van der Waals surface area contributed by atoms with Crippen molar-refractivity contribution in [2.75, 3.05) is 25.5 Å². The van der Waals surface area contributed by atoms with Gasteiger partial charge < -0.3 is 10.2 Å². The van der Waals surface area contributed by atoms with Gasteiger partial charge in [0, 0.05) is 31.1 Å². The summed E-state index contributed by atoms with van der Waals surface area (Å²) in [6.07, 6.45) is 2.83. The van der Waals surface area contributed by atoms with Crippen molar-refractivity contribution in [3.05, 3.63) is 41.5 Å². The first-order chi connectivity index (χ1) is 12.5. The van der Waals surface area contributed by atoms with Crippen LogP contribution in [0.3, 0.4) is 0 Å². The number of imide groups is 1. The Morgan fingerprint density at radius 1 is 1.12 bits per heavy atom. The van der Waals surface area contributed by atoms with Crippen molar-refractivity contribution in [1.82, 2.24) is 9.80 Å². The van der Waals surface area contributed by atoms with Crippen LogP contribution in [0.4, 0.5) is 10.5 Å². The molecule has 134 valence electrons. The van der Waals surface area contributed by atoms with Crippen molar-refractivity contribution in [2.45, 2.75) is 25.7 Å². The normalized spacial score (nSPS) is 16.0. The lowest BCUT2D eigenvalue weighted by Gasteiger charge is -2.14. The van der Waals surface area contributed by atoms with Crippen molar-refractivity contribution >= 4 is 34.3 Å². The van der Waals surface area contributed by atoms with Crippen LogP contribution in [0.5, 0.6) is 0 Å². The maximum atomic E-state index is 12.3. The second-order valence-electron chi connectivity index (χ2n) is 6.95. The third-order valence-corrected chi connectivity index (χ3v) is 5.17. The van der Waals surface area contributed by atoms with Crippen LogP contribution in [-0.2, 0) is 22.4 Å². The molecule has 0 bridgehead atoms. The number of amides is 4. The van der Waals surface area contributed by atoms with E-state index in [0.717, 1.165) is 23.9 Å². The first-order valence-electron chi connectivity index (χ1n) is 8.93. The summed E-state index contributed by atoms with van der Waals surface area (Å²) >= 11 is 0. The fourth-order valence-corrected chi connectivity index (χ4v) is 3.86. The Labute approximate surface area is 151 Å². The molecule has 1 saturated heterocycles. The minimum absolute atomic E-state index is 0.101. The van der Waals surface area contributed by atoms with Crippen molar-refractivity contribution < 1.29 is 14.4 Å². The molecule has 1 aliphatic carbocycles. The molecule has 0 spiro atoms. The standard InChI is InChI=1S/C20H21N3O3/c1-22-12-18(25)23(20(22)26)11-3-6-17(24)21-16-10-9-14-8-7-13-4-2-5-15(16)19(13)14/h2,4-5,9-10H,3,6-8,11-12H2,1H3,(H,21,24). The van der Waals surface area contributed by atoms with Gasteiger partial charge in [-0.3, -0.25) is 14.5 Å². The third-order valence-electron chi connectivity index (χ3n) is 5.17. The van der Waals surface area contributed by atoms with Gasteiger partial charge in [0.15, 0.2) is 0 Å². The molecule has 26 heavy (non-hydrogen) atoms. The molecule has 6 nitrogen and oxygen atoms in total. The molecule has 1 aliphatic heterocycles. The van der Waals surface area contributed by atoms with Gasteiger partial charge in [0.25, 0.3) is 0 Å². The highest BCUT2D eigenvalue weighted by molar-refractivity contribution is 6.05. The van der Waals surface area contributed by atoms with Gasteiger partial charge in [-0.15, -0.1) is 0 Å². The summed E-state index contributed by atoms with van der Waals surface area (Å²) in [5.74, 6) is -0.304. The highest BCUT2D eigenvalue weighted by Crippen LogP contribution is 2.35. The van der Waals surface area contributed by atoms with E-state index >= 15 is 0 Å². The SMILES string of the molecule is CN1CC(=O)N(CCCC(=O)Nc2ccc3c4c(cccc24)CC3)C1=O. The smallest absolute Gasteiger partial charge is 0.326 e. The zero-order valence-corrected chi connectivity index (χ0v) is 14.7. The van der Waals surface area contributed by atoms with Crippen molar-refractivity contribution in [1.29, 1.82) is 0 Å². The Morgan fingerprint density at radius 3 is 2.62 bits per heavy atom. The lowest BCUT2D eigenvalue weighted by molar-refractivity contribution is -0.125. The van der Waals surface area contributed by atoms with Crippen LogP contribution in [-0.4, -0.2) is 47.8 Å². The first kappa shape index (κ1) is 16.6. The average Bonchev–Trinajstić information content (AvgIpc) is 3.14. The maximum Gasteiger partial charge on any atom is 0.326 e. The minimum atomic E-state index is -0.289. The van der Waals surface area contributed by atoms with E-state index in [1.165, 1.54) is 26.3 Å². The van der Waals surface area contributed by atoms with Gasteiger partial charge in [-0.2, -0.15) is 0 Å². The predicted molar refractivity (Wildman–Crippen MR) is 99.0 cm³/mol. The molecule has 2 aromatic carbocycles. The number of carbonyl (C=O) groups excluding carboxylic acids is 3. The van der Waals surface area contributed by atoms with E-state index in [-0.39, 0.29) is 37.4 Å². The summed E-state index contributed by atoms with van der Waals surface area (Å²) in [7, 11) is 1.60. The Morgan fingerprint density at radius 2 is 1.88 bits per heavy atom. The van der Waals surface area contributed by atoms with Gasteiger partial charge >= 0.3 is 6.03 Å². The second-order valence-corrected chi connectivity index (χ2v) is 6.95. The molecular formula is C20H21N3O3. The molecule has 4 amide bonds. The second kappa shape index (κ2) is 6.44. The van der Waals surface area contributed by atoms with Crippen molar-refractivity contribution in [3.63, 3.8) is 0 Å². The molecule has 6 heteroatoms. The number of aryl methyl sites for hydroxylation is 2. The number of likely N-dealkylation sites (N-methyl/N-ethyl adjacent to an activating group) is 1. The summed E-state index contributed by atoms with van der Waals surface area (Å²) in [6, 6.07) is 9.98. The van der Waals surface area contributed by atoms with E-state index in [4.69, 9.17) is 0 Å². The summed E-state index contributed by atoms with van der Waals surface area (Å²) in [6.45, 7) is 0.394. The maximum absolute atomic E-state index is 12.3. The number of urea groups is 1. The van der Waals surface area contributed by atoms with Crippen LogP contribution < -0.4 is 5.32 Å². The number of anilines is 1. The quantitative estimate of drug-likeness (QED) is 0.842. The van der Waals surface area contributed by atoms with Crippen LogP contribution >= 0.6 is 0 Å². The number of hydrogen-bond acceptors (Lipinski definition) is 3. The molecular weight excluding hydrogens is 330 g/mol. The van der Waals surface area contributed by atoms with E-state index < -0.39 is 0 Å². The highest BCUT2D eigenvalue weighted by Gasteiger charge is 2.32. The van der Waals surface area contributed by atoms with Crippen LogP contribution in [0.25, 0.3) is 10.8 Å². The summed E-state index contributed by atoms with van der Waals surface area (Å²) in [5, 5.41) is 5.33. The molecule has 0 unspecified atom stereocenters. The van der Waals surface area contributed by atoms with Gasteiger partial charge in [-0.25, -0.2) is 4.79 Å². The number of benzene rings is 2. The third kappa shape index (κ3) is 2.81. The summed E-state index contributed by atoms with van der Waals surface area (Å²) in [5.41, 5.74) is 3.50. The van der Waals surface area contributed by atoms with Gasteiger partial charge in [-0.1, -0.05) is 24.3 Å². The molecule has 1 fully saturated rings. The molecule has 0 radical (unpaired) electrons. The molecule has 1 heterocycles.